The summed E-state index contributed by atoms with van der Waals surface area (Å²) in [6, 6.07) is 2.90. The van der Waals surface area contributed by atoms with E-state index in [4.69, 9.17) is 5.11 Å². The van der Waals surface area contributed by atoms with Crippen LogP contribution in [0.2, 0.25) is 0 Å². The Morgan fingerprint density at radius 2 is 2.10 bits per heavy atom. The van der Waals surface area contributed by atoms with E-state index in [9.17, 15) is 14.0 Å². The molecule has 2 heterocycles. The second-order valence-corrected chi connectivity index (χ2v) is 5.05. The summed E-state index contributed by atoms with van der Waals surface area (Å²) in [6.07, 6.45) is 1.21. The molecule has 3 rings (SSSR count). The number of β-amino-alcohol motifs (C(OH)–C–C–N with tert-alkyl or cyclic N) is 1. The molecule has 106 valence electrons. The first-order valence-corrected chi connectivity index (χ1v) is 6.64. The van der Waals surface area contributed by atoms with Crippen molar-refractivity contribution in [2.45, 2.75) is 19.4 Å². The van der Waals surface area contributed by atoms with Crippen molar-refractivity contribution >= 4 is 17.5 Å². The van der Waals surface area contributed by atoms with E-state index >= 15 is 0 Å². The molecule has 5 nitrogen and oxygen atoms in total. The van der Waals surface area contributed by atoms with Crippen molar-refractivity contribution < 1.29 is 19.1 Å². The lowest BCUT2D eigenvalue weighted by Crippen LogP contribution is -2.27. The molecular weight excluding hydrogens is 263 g/mol. The zero-order chi connectivity index (χ0) is 14.3. The molecular formula is C14H15FN2O3. The second-order valence-electron chi connectivity index (χ2n) is 5.05. The summed E-state index contributed by atoms with van der Waals surface area (Å²) in [5.41, 5.74) is 1.09. The van der Waals surface area contributed by atoms with Crippen LogP contribution in [0.3, 0.4) is 0 Å². The van der Waals surface area contributed by atoms with E-state index in [1.807, 2.05) is 0 Å². The summed E-state index contributed by atoms with van der Waals surface area (Å²) in [7, 11) is 0. The smallest absolute Gasteiger partial charge is 0.254 e. The highest BCUT2D eigenvalue weighted by molar-refractivity contribution is 6.01. The number of nitrogens with zero attached hydrogens (tertiary/aromatic N) is 2. The van der Waals surface area contributed by atoms with E-state index < -0.39 is 5.82 Å². The van der Waals surface area contributed by atoms with Crippen molar-refractivity contribution in [3.8, 4) is 0 Å². The molecule has 0 spiro atoms. The summed E-state index contributed by atoms with van der Waals surface area (Å²) in [5, 5.41) is 8.91. The maximum atomic E-state index is 14.1. The van der Waals surface area contributed by atoms with Gasteiger partial charge in [0.1, 0.15) is 5.82 Å². The summed E-state index contributed by atoms with van der Waals surface area (Å²) in [6.45, 7) is 0.768. The lowest BCUT2D eigenvalue weighted by molar-refractivity contribution is -0.117. The number of benzene rings is 1. The van der Waals surface area contributed by atoms with Crippen molar-refractivity contribution in [2.24, 2.45) is 0 Å². The molecule has 1 aromatic carbocycles. The predicted octanol–water partition coefficient (Wildman–Crippen LogP) is 0.901. The van der Waals surface area contributed by atoms with E-state index in [1.165, 1.54) is 15.9 Å². The van der Waals surface area contributed by atoms with Gasteiger partial charge in [0.15, 0.2) is 0 Å². The van der Waals surface area contributed by atoms with Crippen molar-refractivity contribution in [1.29, 1.82) is 0 Å². The molecule has 6 heteroatoms. The third-order valence-corrected chi connectivity index (χ3v) is 3.80. The average molecular weight is 278 g/mol. The van der Waals surface area contributed by atoms with Crippen LogP contribution in [-0.2, 0) is 11.3 Å². The Morgan fingerprint density at radius 3 is 2.75 bits per heavy atom. The molecule has 0 radical (unpaired) electrons. The maximum absolute atomic E-state index is 14.1. The molecule has 0 saturated carbocycles. The molecule has 2 amide bonds. The van der Waals surface area contributed by atoms with Gasteiger partial charge in [-0.15, -0.1) is 0 Å². The van der Waals surface area contributed by atoms with Gasteiger partial charge in [0.25, 0.3) is 5.91 Å². The average Bonchev–Trinajstić information content (AvgIpc) is 2.97. The summed E-state index contributed by atoms with van der Waals surface area (Å²) >= 11 is 0. The summed E-state index contributed by atoms with van der Waals surface area (Å²) in [4.78, 5) is 26.8. The van der Waals surface area contributed by atoms with Crippen LogP contribution in [0.15, 0.2) is 12.1 Å². The van der Waals surface area contributed by atoms with E-state index in [-0.39, 0.29) is 31.5 Å². The number of anilines is 1. The van der Waals surface area contributed by atoms with Crippen LogP contribution in [0.25, 0.3) is 0 Å². The van der Waals surface area contributed by atoms with Gasteiger partial charge in [-0.2, -0.15) is 0 Å². The molecule has 0 aromatic heterocycles. The molecule has 0 unspecified atom stereocenters. The Hall–Kier alpha value is -1.95. The van der Waals surface area contributed by atoms with Gasteiger partial charge in [-0.25, -0.2) is 4.39 Å². The number of halogens is 1. The predicted molar refractivity (Wildman–Crippen MR) is 69.8 cm³/mol. The summed E-state index contributed by atoms with van der Waals surface area (Å²) < 4.78 is 14.1. The van der Waals surface area contributed by atoms with Crippen LogP contribution in [0.4, 0.5) is 10.1 Å². The number of aliphatic hydroxyl groups is 1. The normalized spacial score (nSPS) is 18.1. The number of fused-ring (bicyclic) bond motifs is 1. The van der Waals surface area contributed by atoms with Gasteiger partial charge in [0.05, 0.1) is 6.61 Å². The fourth-order valence-corrected chi connectivity index (χ4v) is 2.79. The van der Waals surface area contributed by atoms with Crippen molar-refractivity contribution in [3.05, 3.63) is 29.1 Å². The van der Waals surface area contributed by atoms with Crippen LogP contribution in [0.1, 0.15) is 28.8 Å². The van der Waals surface area contributed by atoms with Gasteiger partial charge < -0.3 is 14.9 Å². The number of carbonyl (C=O) groups is 2. The highest BCUT2D eigenvalue weighted by Gasteiger charge is 2.32. The Labute approximate surface area is 115 Å². The monoisotopic (exact) mass is 278 g/mol. The number of hydrogen-bond acceptors (Lipinski definition) is 3. The zero-order valence-corrected chi connectivity index (χ0v) is 10.9. The van der Waals surface area contributed by atoms with E-state index in [1.54, 1.807) is 6.07 Å². The van der Waals surface area contributed by atoms with Gasteiger partial charge in [0.2, 0.25) is 5.91 Å². The number of aliphatic hydroxyl groups excluding tert-OH is 1. The standard InChI is InChI=1S/C14H15FN2O3/c15-12-7-9(17-3-1-2-13(17)19)6-10-11(12)8-16(4-5-18)14(10)20/h6-7,18H,1-5,8H2. The number of rotatable bonds is 3. The lowest BCUT2D eigenvalue weighted by atomic mass is 10.1. The van der Waals surface area contributed by atoms with Gasteiger partial charge in [-0.3, -0.25) is 9.59 Å². The molecule has 1 saturated heterocycles. The second kappa shape index (κ2) is 4.86. The minimum absolute atomic E-state index is 0.0398. The van der Waals surface area contributed by atoms with Crippen molar-refractivity contribution in [1.82, 2.24) is 4.90 Å². The zero-order valence-electron chi connectivity index (χ0n) is 10.9. The number of amides is 2. The van der Waals surface area contributed by atoms with Crippen molar-refractivity contribution in [2.75, 3.05) is 24.6 Å². The molecule has 0 aliphatic carbocycles. The Kier molecular flexibility index (Phi) is 3.17. The van der Waals surface area contributed by atoms with Crippen LogP contribution in [0.5, 0.6) is 0 Å². The number of carbonyl (C=O) groups excluding carboxylic acids is 2. The van der Waals surface area contributed by atoms with Gasteiger partial charge in [-0.1, -0.05) is 0 Å². The van der Waals surface area contributed by atoms with E-state index in [2.05, 4.69) is 0 Å². The van der Waals surface area contributed by atoms with Crippen LogP contribution < -0.4 is 4.90 Å². The first-order chi connectivity index (χ1) is 9.61. The Bertz CT molecular complexity index is 588. The number of hydrogen-bond donors (Lipinski definition) is 1. The van der Waals surface area contributed by atoms with Crippen LogP contribution in [0, 0.1) is 5.82 Å². The van der Waals surface area contributed by atoms with Crippen LogP contribution >= 0.6 is 0 Å². The quantitative estimate of drug-likeness (QED) is 0.893. The molecule has 0 atom stereocenters. The summed E-state index contributed by atoms with van der Waals surface area (Å²) in [5.74, 6) is -0.797. The Balaban J connectivity index is 1.98. The first-order valence-electron chi connectivity index (χ1n) is 6.64. The molecule has 1 fully saturated rings. The minimum atomic E-state index is -0.467. The third-order valence-electron chi connectivity index (χ3n) is 3.80. The molecule has 2 aliphatic heterocycles. The topological polar surface area (TPSA) is 60.9 Å². The highest BCUT2D eigenvalue weighted by Crippen LogP contribution is 2.31. The molecule has 2 aliphatic rings. The fourth-order valence-electron chi connectivity index (χ4n) is 2.79. The van der Waals surface area contributed by atoms with Crippen molar-refractivity contribution in [3.63, 3.8) is 0 Å². The maximum Gasteiger partial charge on any atom is 0.254 e. The van der Waals surface area contributed by atoms with E-state index in [0.717, 1.165) is 6.42 Å². The largest absolute Gasteiger partial charge is 0.395 e. The van der Waals surface area contributed by atoms with Crippen LogP contribution in [-0.4, -0.2) is 41.5 Å². The Morgan fingerprint density at radius 1 is 1.30 bits per heavy atom. The third kappa shape index (κ3) is 1.96. The minimum Gasteiger partial charge on any atom is -0.395 e. The van der Waals surface area contributed by atoms with Gasteiger partial charge in [0, 0.05) is 42.9 Å². The lowest BCUT2D eigenvalue weighted by Gasteiger charge is -2.16. The molecule has 0 bridgehead atoms. The molecule has 20 heavy (non-hydrogen) atoms. The molecule has 1 N–H and O–H groups in total. The molecule has 1 aromatic rings. The first kappa shape index (κ1) is 13.1. The SMILES string of the molecule is O=C1c2cc(N3CCCC3=O)cc(F)c2CN1CCO. The van der Waals surface area contributed by atoms with E-state index in [0.29, 0.717) is 29.8 Å². The fraction of sp³-hybridized carbons (Fsp3) is 0.429. The van der Waals surface area contributed by atoms with Gasteiger partial charge >= 0.3 is 0 Å². The van der Waals surface area contributed by atoms with Gasteiger partial charge in [-0.05, 0) is 18.6 Å². The highest BCUT2D eigenvalue weighted by atomic mass is 19.1.